The van der Waals surface area contributed by atoms with E-state index in [1.807, 2.05) is 0 Å². The molecule has 0 amide bonds. The van der Waals surface area contributed by atoms with Gasteiger partial charge in [-0.2, -0.15) is 0 Å². The Balaban J connectivity index is 1.80. The lowest BCUT2D eigenvalue weighted by Crippen LogP contribution is -2.52. The normalized spacial score (nSPS) is 47.3. The predicted molar refractivity (Wildman–Crippen MR) is 84.8 cm³/mol. The van der Waals surface area contributed by atoms with Crippen molar-refractivity contribution in [3.05, 3.63) is 0 Å². The van der Waals surface area contributed by atoms with Crippen LogP contribution in [0.1, 0.15) is 38.5 Å². The summed E-state index contributed by atoms with van der Waals surface area (Å²) in [4.78, 5) is 14.8. The number of esters is 1. The molecule has 2 aliphatic heterocycles. The fraction of sp³-hybridized carbons (Fsp3) is 0.938. The van der Waals surface area contributed by atoms with Gasteiger partial charge in [-0.25, -0.2) is 0 Å². The van der Waals surface area contributed by atoms with Crippen molar-refractivity contribution >= 4 is 29.2 Å². The Morgan fingerprint density at radius 1 is 1.10 bits per heavy atom. The molecular formula is C16H25Cl2NO2. The maximum Gasteiger partial charge on any atom is 0.310 e. The van der Waals surface area contributed by atoms with Crippen molar-refractivity contribution in [2.45, 2.75) is 61.4 Å². The van der Waals surface area contributed by atoms with Crippen molar-refractivity contribution in [3.8, 4) is 0 Å². The van der Waals surface area contributed by atoms with Crippen LogP contribution < -0.4 is 0 Å². The number of hydrogen-bond acceptors (Lipinski definition) is 3. The van der Waals surface area contributed by atoms with E-state index in [4.69, 9.17) is 27.9 Å². The molecule has 1 aliphatic carbocycles. The van der Waals surface area contributed by atoms with Crippen LogP contribution in [0.3, 0.4) is 0 Å². The average Bonchev–Trinajstić information content (AvgIpc) is 2.72. The molecule has 3 fully saturated rings. The molecular weight excluding hydrogens is 309 g/mol. The first-order valence-electron chi connectivity index (χ1n) is 8.10. The van der Waals surface area contributed by atoms with E-state index in [9.17, 15) is 4.79 Å². The smallest absolute Gasteiger partial charge is 0.310 e. The van der Waals surface area contributed by atoms with E-state index in [2.05, 4.69) is 11.9 Å². The number of nitrogens with zero attached hydrogens (tertiary/aromatic N) is 1. The van der Waals surface area contributed by atoms with Crippen LogP contribution in [0, 0.1) is 17.8 Å². The first kappa shape index (κ1) is 15.9. The Morgan fingerprint density at radius 2 is 1.86 bits per heavy atom. The zero-order valence-electron chi connectivity index (χ0n) is 12.8. The summed E-state index contributed by atoms with van der Waals surface area (Å²) in [7, 11) is 3.68. The largest absolute Gasteiger partial charge is 0.469 e. The Bertz CT molecular complexity index is 406. The first-order valence-corrected chi connectivity index (χ1v) is 8.98. The molecule has 1 saturated carbocycles. The van der Waals surface area contributed by atoms with Crippen LogP contribution in [0.25, 0.3) is 0 Å². The van der Waals surface area contributed by atoms with E-state index >= 15 is 0 Å². The number of alkyl halides is 2. The molecule has 3 nitrogen and oxygen atoms in total. The molecule has 5 unspecified atom stereocenters. The van der Waals surface area contributed by atoms with Crippen molar-refractivity contribution in [3.63, 3.8) is 0 Å². The summed E-state index contributed by atoms with van der Waals surface area (Å²) in [6.45, 7) is 0. The molecule has 0 aromatic carbocycles. The number of piperidine rings is 1. The molecule has 5 heteroatoms. The Morgan fingerprint density at radius 3 is 2.52 bits per heavy atom. The summed E-state index contributed by atoms with van der Waals surface area (Å²) in [6, 6.07) is 0.979. The van der Waals surface area contributed by atoms with E-state index in [-0.39, 0.29) is 22.6 Å². The molecule has 2 heterocycles. The van der Waals surface area contributed by atoms with E-state index in [0.717, 1.165) is 32.1 Å². The van der Waals surface area contributed by atoms with Gasteiger partial charge in [-0.3, -0.25) is 9.69 Å². The average molecular weight is 334 g/mol. The fourth-order valence-electron chi connectivity index (χ4n) is 4.96. The van der Waals surface area contributed by atoms with Gasteiger partial charge in [0.15, 0.2) is 0 Å². The summed E-state index contributed by atoms with van der Waals surface area (Å²) in [6.07, 6.45) is 6.44. The zero-order chi connectivity index (χ0) is 15.1. The highest BCUT2D eigenvalue weighted by atomic mass is 35.5. The standard InChI is InChI=1S/C16H25Cl2NO2/c1-19-10-4-6-14(19)15(16(20)21-2)11(8-10)9-3-5-12(17)13(18)7-9/h9-15H,3-8H2,1-2H3/t9?,10?,11-,12?,13?,14?,15+/m1/s1. The van der Waals surface area contributed by atoms with E-state index in [1.165, 1.54) is 13.5 Å². The lowest BCUT2D eigenvalue weighted by Gasteiger charge is -2.46. The monoisotopic (exact) mass is 333 g/mol. The second-order valence-corrected chi connectivity index (χ2v) is 8.14. The van der Waals surface area contributed by atoms with Gasteiger partial charge >= 0.3 is 5.97 Å². The third-order valence-corrected chi connectivity index (χ3v) is 7.26. The Labute approximate surface area is 137 Å². The number of ether oxygens (including phenoxy) is 1. The van der Waals surface area contributed by atoms with Crippen LogP contribution in [0.4, 0.5) is 0 Å². The molecule has 2 bridgehead atoms. The van der Waals surface area contributed by atoms with Gasteiger partial charge in [-0.15, -0.1) is 23.2 Å². The summed E-state index contributed by atoms with van der Waals surface area (Å²) >= 11 is 12.7. The van der Waals surface area contributed by atoms with Gasteiger partial charge in [0.2, 0.25) is 0 Å². The highest BCUT2D eigenvalue weighted by molar-refractivity contribution is 6.30. The van der Waals surface area contributed by atoms with Crippen molar-refractivity contribution in [1.82, 2.24) is 4.90 Å². The minimum absolute atomic E-state index is 0.0134. The molecule has 2 saturated heterocycles. The highest BCUT2D eigenvalue weighted by Crippen LogP contribution is 2.49. The quantitative estimate of drug-likeness (QED) is 0.573. The molecule has 0 spiro atoms. The molecule has 0 aromatic rings. The van der Waals surface area contributed by atoms with Gasteiger partial charge in [0.05, 0.1) is 18.4 Å². The number of carbonyl (C=O) groups excluding carboxylic acids is 1. The van der Waals surface area contributed by atoms with Crippen LogP contribution >= 0.6 is 23.2 Å². The number of carbonyl (C=O) groups is 1. The number of methoxy groups -OCH3 is 1. The summed E-state index contributed by atoms with van der Waals surface area (Å²) in [5.74, 6) is 0.913. The zero-order valence-corrected chi connectivity index (χ0v) is 14.3. The van der Waals surface area contributed by atoms with Gasteiger partial charge in [0.1, 0.15) is 0 Å². The van der Waals surface area contributed by atoms with E-state index in [0.29, 0.717) is 23.9 Å². The number of halogens is 2. The van der Waals surface area contributed by atoms with Gasteiger partial charge in [0, 0.05) is 17.5 Å². The Hall–Kier alpha value is 0.01000. The lowest BCUT2D eigenvalue weighted by molar-refractivity contribution is -0.154. The maximum atomic E-state index is 12.4. The molecule has 3 rings (SSSR count). The fourth-order valence-corrected chi connectivity index (χ4v) is 5.54. The molecule has 3 aliphatic rings. The third-order valence-electron chi connectivity index (χ3n) is 6.13. The van der Waals surface area contributed by atoms with Crippen LogP contribution in [0.5, 0.6) is 0 Å². The van der Waals surface area contributed by atoms with Crippen LogP contribution in [0.15, 0.2) is 0 Å². The number of hydrogen-bond donors (Lipinski definition) is 0. The van der Waals surface area contributed by atoms with E-state index < -0.39 is 0 Å². The van der Waals surface area contributed by atoms with E-state index in [1.54, 1.807) is 0 Å². The summed E-state index contributed by atoms with van der Waals surface area (Å²) in [5, 5.41) is 0.128. The Kier molecular flexibility index (Phi) is 4.73. The van der Waals surface area contributed by atoms with Crippen molar-refractivity contribution in [2.24, 2.45) is 17.8 Å². The minimum atomic E-state index is -0.0312. The van der Waals surface area contributed by atoms with Crippen molar-refractivity contribution in [1.29, 1.82) is 0 Å². The maximum absolute atomic E-state index is 12.4. The van der Waals surface area contributed by atoms with Gasteiger partial charge in [-0.1, -0.05) is 0 Å². The molecule has 120 valence electrons. The third kappa shape index (κ3) is 2.82. The van der Waals surface area contributed by atoms with Crippen molar-refractivity contribution < 1.29 is 9.53 Å². The number of fused-ring (bicyclic) bond motifs is 2. The molecule has 21 heavy (non-hydrogen) atoms. The van der Waals surface area contributed by atoms with Crippen LogP contribution in [-0.4, -0.2) is 47.9 Å². The van der Waals surface area contributed by atoms with Gasteiger partial charge < -0.3 is 4.74 Å². The molecule has 0 radical (unpaired) electrons. The number of rotatable bonds is 2. The van der Waals surface area contributed by atoms with Crippen LogP contribution in [0.2, 0.25) is 0 Å². The van der Waals surface area contributed by atoms with Gasteiger partial charge in [-0.05, 0) is 57.4 Å². The second kappa shape index (κ2) is 6.25. The molecule has 0 aromatic heterocycles. The lowest BCUT2D eigenvalue weighted by atomic mass is 9.68. The summed E-state index contributed by atoms with van der Waals surface area (Å²) in [5.41, 5.74) is 0. The second-order valence-electron chi connectivity index (χ2n) is 7.02. The molecule has 7 atom stereocenters. The van der Waals surface area contributed by atoms with Crippen molar-refractivity contribution in [2.75, 3.05) is 14.2 Å². The summed E-state index contributed by atoms with van der Waals surface area (Å²) < 4.78 is 5.13. The topological polar surface area (TPSA) is 29.5 Å². The predicted octanol–water partition coefficient (Wildman–Crippen LogP) is 3.27. The SMILES string of the molecule is COC(=O)[C@@H]1C2CCC(C[C@@H]1C1CCC(Cl)C(Cl)C1)N2C. The molecule has 0 N–H and O–H groups in total. The van der Waals surface area contributed by atoms with Crippen LogP contribution in [-0.2, 0) is 9.53 Å². The minimum Gasteiger partial charge on any atom is -0.469 e. The first-order chi connectivity index (χ1) is 10.0. The highest BCUT2D eigenvalue weighted by Gasteiger charge is 2.51. The van der Waals surface area contributed by atoms with Gasteiger partial charge in [0.25, 0.3) is 0 Å².